The van der Waals surface area contributed by atoms with Gasteiger partial charge in [-0.25, -0.2) is 4.98 Å². The van der Waals surface area contributed by atoms with Gasteiger partial charge >= 0.3 is 0 Å². The van der Waals surface area contributed by atoms with E-state index in [1.165, 1.54) is 0 Å². The molecule has 0 aliphatic rings. The van der Waals surface area contributed by atoms with Gasteiger partial charge in [-0.1, -0.05) is 23.7 Å². The molecule has 2 rings (SSSR count). The summed E-state index contributed by atoms with van der Waals surface area (Å²) in [7, 11) is 1.58. The normalized spacial score (nSPS) is 10.2. The van der Waals surface area contributed by atoms with E-state index in [9.17, 15) is 0 Å². The molecule has 0 saturated carbocycles. The minimum atomic E-state index is 0.332. The lowest BCUT2D eigenvalue weighted by molar-refractivity contribution is 0.374. The number of benzene rings is 1. The topological polar surface area (TPSA) is 57.4 Å². The van der Waals surface area contributed by atoms with Crippen LogP contribution in [0.5, 0.6) is 17.4 Å². The van der Waals surface area contributed by atoms with Crippen molar-refractivity contribution in [1.82, 2.24) is 4.98 Å². The van der Waals surface area contributed by atoms with Crippen LogP contribution in [0.25, 0.3) is 0 Å². The third kappa shape index (κ3) is 2.72. The fourth-order valence-electron chi connectivity index (χ4n) is 1.46. The maximum Gasteiger partial charge on any atom is 0.238 e. The number of hydrogen-bond acceptors (Lipinski definition) is 4. The fourth-order valence-corrected chi connectivity index (χ4v) is 1.69. The van der Waals surface area contributed by atoms with Crippen molar-refractivity contribution in [3.8, 4) is 17.4 Å². The molecule has 2 N–H and O–H groups in total. The zero-order valence-electron chi connectivity index (χ0n) is 9.89. The quantitative estimate of drug-likeness (QED) is 0.922. The van der Waals surface area contributed by atoms with E-state index in [4.69, 9.17) is 26.8 Å². The molecular formula is C13H13ClN2O2. The Hall–Kier alpha value is -1.78. The summed E-state index contributed by atoms with van der Waals surface area (Å²) < 4.78 is 10.8. The lowest BCUT2D eigenvalue weighted by Crippen LogP contribution is -1.98. The molecule has 0 spiro atoms. The largest absolute Gasteiger partial charge is 0.493 e. The van der Waals surface area contributed by atoms with E-state index >= 15 is 0 Å². The Labute approximate surface area is 110 Å². The van der Waals surface area contributed by atoms with Crippen molar-refractivity contribution in [3.63, 3.8) is 0 Å². The SMILES string of the molecule is COc1ccccc1Oc1ncc(CN)cc1Cl. The molecule has 1 aromatic carbocycles. The van der Waals surface area contributed by atoms with Crippen LogP contribution in [0, 0.1) is 0 Å². The lowest BCUT2D eigenvalue weighted by Gasteiger charge is -2.10. The van der Waals surface area contributed by atoms with E-state index in [0.717, 1.165) is 5.56 Å². The Balaban J connectivity index is 2.28. The number of halogens is 1. The van der Waals surface area contributed by atoms with E-state index in [1.807, 2.05) is 12.1 Å². The first kappa shape index (κ1) is 12.7. The van der Waals surface area contributed by atoms with Crippen LogP contribution in [0.4, 0.5) is 0 Å². The molecule has 94 valence electrons. The van der Waals surface area contributed by atoms with Crippen molar-refractivity contribution in [3.05, 3.63) is 47.1 Å². The van der Waals surface area contributed by atoms with Crippen molar-refractivity contribution in [2.75, 3.05) is 7.11 Å². The van der Waals surface area contributed by atoms with E-state index < -0.39 is 0 Å². The van der Waals surface area contributed by atoms with Gasteiger partial charge in [0.15, 0.2) is 11.5 Å². The molecule has 0 fully saturated rings. The van der Waals surface area contributed by atoms with E-state index in [1.54, 1.807) is 31.5 Å². The minimum Gasteiger partial charge on any atom is -0.493 e. The molecule has 1 heterocycles. The minimum absolute atomic E-state index is 0.332. The summed E-state index contributed by atoms with van der Waals surface area (Å²) >= 11 is 6.07. The number of pyridine rings is 1. The van der Waals surface area contributed by atoms with Crippen LogP contribution in [-0.4, -0.2) is 12.1 Å². The number of para-hydroxylation sites is 2. The van der Waals surface area contributed by atoms with Gasteiger partial charge in [-0.3, -0.25) is 0 Å². The van der Waals surface area contributed by atoms with Crippen molar-refractivity contribution < 1.29 is 9.47 Å². The molecule has 4 nitrogen and oxygen atoms in total. The highest BCUT2D eigenvalue weighted by molar-refractivity contribution is 6.31. The Bertz CT molecular complexity index is 546. The smallest absolute Gasteiger partial charge is 0.238 e. The van der Waals surface area contributed by atoms with Gasteiger partial charge in [-0.15, -0.1) is 0 Å². The number of hydrogen-bond donors (Lipinski definition) is 1. The first-order valence-corrected chi connectivity index (χ1v) is 5.77. The second kappa shape index (κ2) is 5.71. The number of aromatic nitrogens is 1. The summed E-state index contributed by atoms with van der Waals surface area (Å²) in [5.41, 5.74) is 6.36. The van der Waals surface area contributed by atoms with Crippen LogP contribution in [0.1, 0.15) is 5.56 Å². The average Bonchev–Trinajstić information content (AvgIpc) is 2.41. The summed E-state index contributed by atoms with van der Waals surface area (Å²) in [5, 5.41) is 0.420. The molecule has 0 aliphatic carbocycles. The van der Waals surface area contributed by atoms with Crippen LogP contribution in [0.2, 0.25) is 5.02 Å². The summed E-state index contributed by atoms with van der Waals surface area (Å²) in [6, 6.07) is 9.03. The van der Waals surface area contributed by atoms with Crippen molar-refractivity contribution >= 4 is 11.6 Å². The summed E-state index contributed by atoms with van der Waals surface area (Å²) in [6.45, 7) is 0.391. The predicted molar refractivity (Wildman–Crippen MR) is 70.2 cm³/mol. The van der Waals surface area contributed by atoms with E-state index in [2.05, 4.69) is 4.98 Å². The molecule has 18 heavy (non-hydrogen) atoms. The number of nitrogens with two attached hydrogens (primary N) is 1. The molecule has 0 bridgehead atoms. The molecule has 2 aromatic rings. The summed E-state index contributed by atoms with van der Waals surface area (Å²) in [6.07, 6.45) is 1.64. The van der Waals surface area contributed by atoms with Gasteiger partial charge in [-0.05, 0) is 23.8 Å². The van der Waals surface area contributed by atoms with Crippen molar-refractivity contribution in [2.24, 2.45) is 5.73 Å². The van der Waals surface area contributed by atoms with Gasteiger partial charge in [0.1, 0.15) is 5.02 Å². The third-order valence-electron chi connectivity index (χ3n) is 2.38. The second-order valence-corrected chi connectivity index (χ2v) is 3.99. The number of rotatable bonds is 4. The Kier molecular flexibility index (Phi) is 4.02. The Morgan fingerprint density at radius 1 is 1.28 bits per heavy atom. The Morgan fingerprint density at radius 3 is 2.61 bits per heavy atom. The van der Waals surface area contributed by atoms with Crippen LogP contribution in [0.3, 0.4) is 0 Å². The zero-order chi connectivity index (χ0) is 13.0. The van der Waals surface area contributed by atoms with Gasteiger partial charge in [0.25, 0.3) is 0 Å². The molecular weight excluding hydrogens is 252 g/mol. The average molecular weight is 265 g/mol. The number of nitrogens with zero attached hydrogens (tertiary/aromatic N) is 1. The van der Waals surface area contributed by atoms with Gasteiger partial charge < -0.3 is 15.2 Å². The van der Waals surface area contributed by atoms with Gasteiger partial charge in [0.05, 0.1) is 7.11 Å². The zero-order valence-corrected chi connectivity index (χ0v) is 10.6. The maximum atomic E-state index is 6.07. The molecule has 0 aliphatic heterocycles. The van der Waals surface area contributed by atoms with Gasteiger partial charge in [0, 0.05) is 12.7 Å². The summed E-state index contributed by atoms with van der Waals surface area (Å²) in [5.74, 6) is 1.52. The first-order valence-electron chi connectivity index (χ1n) is 5.40. The van der Waals surface area contributed by atoms with E-state index in [0.29, 0.717) is 28.9 Å². The van der Waals surface area contributed by atoms with E-state index in [-0.39, 0.29) is 0 Å². The summed E-state index contributed by atoms with van der Waals surface area (Å²) in [4.78, 5) is 4.13. The Morgan fingerprint density at radius 2 is 2.00 bits per heavy atom. The van der Waals surface area contributed by atoms with Crippen LogP contribution in [-0.2, 0) is 6.54 Å². The molecule has 0 unspecified atom stereocenters. The van der Waals surface area contributed by atoms with Crippen molar-refractivity contribution in [2.45, 2.75) is 6.54 Å². The van der Waals surface area contributed by atoms with Crippen LogP contribution >= 0.6 is 11.6 Å². The molecule has 1 aromatic heterocycles. The molecule has 0 saturated heterocycles. The van der Waals surface area contributed by atoms with Crippen LogP contribution < -0.4 is 15.2 Å². The maximum absolute atomic E-state index is 6.07. The number of methoxy groups -OCH3 is 1. The first-order chi connectivity index (χ1) is 8.74. The highest BCUT2D eigenvalue weighted by Gasteiger charge is 2.09. The molecule has 0 radical (unpaired) electrons. The predicted octanol–water partition coefficient (Wildman–Crippen LogP) is 2.99. The monoisotopic (exact) mass is 264 g/mol. The third-order valence-corrected chi connectivity index (χ3v) is 2.65. The lowest BCUT2D eigenvalue weighted by atomic mass is 10.3. The standard InChI is InChI=1S/C13H13ClN2O2/c1-17-11-4-2-3-5-12(11)18-13-10(14)6-9(7-15)8-16-13/h2-6,8H,7,15H2,1H3. The molecule has 0 atom stereocenters. The number of ether oxygens (including phenoxy) is 2. The van der Waals surface area contributed by atoms with Gasteiger partial charge in [0.2, 0.25) is 5.88 Å². The highest BCUT2D eigenvalue weighted by Crippen LogP contribution is 2.33. The van der Waals surface area contributed by atoms with Crippen molar-refractivity contribution in [1.29, 1.82) is 0 Å². The van der Waals surface area contributed by atoms with Gasteiger partial charge in [-0.2, -0.15) is 0 Å². The highest BCUT2D eigenvalue weighted by atomic mass is 35.5. The van der Waals surface area contributed by atoms with Crippen LogP contribution in [0.15, 0.2) is 36.5 Å². The molecule has 0 amide bonds. The fraction of sp³-hybridized carbons (Fsp3) is 0.154. The second-order valence-electron chi connectivity index (χ2n) is 3.59. The molecule has 5 heteroatoms.